The summed E-state index contributed by atoms with van der Waals surface area (Å²) in [6, 6.07) is 12.2. The molecule has 0 spiro atoms. The summed E-state index contributed by atoms with van der Waals surface area (Å²) in [7, 11) is 0. The number of hydrogen-bond donors (Lipinski definition) is 2. The lowest BCUT2D eigenvalue weighted by Crippen LogP contribution is -1.99. The van der Waals surface area contributed by atoms with Gasteiger partial charge in [0.1, 0.15) is 17.2 Å². The van der Waals surface area contributed by atoms with Gasteiger partial charge in [-0.25, -0.2) is 0 Å². The maximum atomic E-state index is 10.2. The van der Waals surface area contributed by atoms with Crippen LogP contribution in [0.1, 0.15) is 58.3 Å². The van der Waals surface area contributed by atoms with Crippen LogP contribution in [-0.2, 0) is 0 Å². The van der Waals surface area contributed by atoms with Crippen molar-refractivity contribution in [3.05, 3.63) is 42.5 Å². The Balaban J connectivity index is 1.85. The Morgan fingerprint density at radius 2 is 1.36 bits per heavy atom. The van der Waals surface area contributed by atoms with Crippen molar-refractivity contribution in [3.8, 4) is 28.4 Å². The zero-order valence-electron chi connectivity index (χ0n) is 15.2. The van der Waals surface area contributed by atoms with Crippen LogP contribution in [-0.4, -0.2) is 16.8 Å². The van der Waals surface area contributed by atoms with Gasteiger partial charge in [0, 0.05) is 5.56 Å². The number of rotatable bonds is 11. The molecule has 0 amide bonds. The Hall–Kier alpha value is -2.16. The van der Waals surface area contributed by atoms with E-state index >= 15 is 0 Å². The lowest BCUT2D eigenvalue weighted by molar-refractivity contribution is 0.304. The van der Waals surface area contributed by atoms with E-state index in [9.17, 15) is 10.2 Å². The van der Waals surface area contributed by atoms with E-state index in [0.717, 1.165) is 12.8 Å². The third-order valence-electron chi connectivity index (χ3n) is 4.43. The first kappa shape index (κ1) is 19.2. The van der Waals surface area contributed by atoms with E-state index in [-0.39, 0.29) is 11.5 Å². The van der Waals surface area contributed by atoms with Crippen molar-refractivity contribution in [1.29, 1.82) is 0 Å². The molecule has 0 aromatic heterocycles. The molecule has 2 aromatic rings. The maximum absolute atomic E-state index is 10.2. The molecule has 0 heterocycles. The van der Waals surface area contributed by atoms with E-state index in [1.807, 2.05) is 12.1 Å². The number of benzene rings is 2. The van der Waals surface area contributed by atoms with Crippen LogP contribution < -0.4 is 4.74 Å². The second kappa shape index (κ2) is 10.7. The van der Waals surface area contributed by atoms with Gasteiger partial charge in [0.25, 0.3) is 0 Å². The highest BCUT2D eigenvalue weighted by Gasteiger charge is 2.14. The molecule has 0 fully saturated rings. The minimum atomic E-state index is 0.120. The number of hydrogen-bond acceptors (Lipinski definition) is 3. The summed E-state index contributed by atoms with van der Waals surface area (Å²) in [6.07, 6.45) is 10.0. The van der Waals surface area contributed by atoms with Gasteiger partial charge in [0.15, 0.2) is 0 Å². The lowest BCUT2D eigenvalue weighted by atomic mass is 10.0. The molecule has 2 rings (SSSR count). The largest absolute Gasteiger partial charge is 0.507 e. The average Bonchev–Trinajstić information content (AvgIpc) is 2.61. The van der Waals surface area contributed by atoms with Crippen LogP contribution in [0.25, 0.3) is 11.1 Å². The number of unbranched alkanes of at least 4 members (excludes halogenated alkanes) is 7. The Bertz CT molecular complexity index is 637. The van der Waals surface area contributed by atoms with Crippen molar-refractivity contribution in [2.45, 2.75) is 58.3 Å². The predicted octanol–water partition coefficient (Wildman–Crippen LogP) is 6.28. The molecule has 0 bridgehead atoms. The highest BCUT2D eigenvalue weighted by Crippen LogP contribution is 2.41. The fourth-order valence-electron chi connectivity index (χ4n) is 3.01. The summed E-state index contributed by atoms with van der Waals surface area (Å²) in [4.78, 5) is 0. The summed E-state index contributed by atoms with van der Waals surface area (Å²) in [6.45, 7) is 2.86. The van der Waals surface area contributed by atoms with Gasteiger partial charge in [-0.05, 0) is 24.6 Å². The van der Waals surface area contributed by atoms with Crippen molar-refractivity contribution < 1.29 is 14.9 Å². The monoisotopic (exact) mass is 342 g/mol. The Morgan fingerprint density at radius 1 is 0.720 bits per heavy atom. The summed E-state index contributed by atoms with van der Waals surface area (Å²) in [5.41, 5.74) is 1.15. The van der Waals surface area contributed by atoms with Crippen LogP contribution in [0.15, 0.2) is 42.5 Å². The maximum Gasteiger partial charge on any atom is 0.130 e. The van der Waals surface area contributed by atoms with Gasteiger partial charge >= 0.3 is 0 Å². The summed E-state index contributed by atoms with van der Waals surface area (Å²) < 4.78 is 5.90. The molecule has 0 radical (unpaired) electrons. The number of para-hydroxylation sites is 1. The van der Waals surface area contributed by atoms with Crippen molar-refractivity contribution in [2.24, 2.45) is 0 Å². The van der Waals surface area contributed by atoms with Crippen molar-refractivity contribution in [3.63, 3.8) is 0 Å². The third kappa shape index (κ3) is 6.00. The lowest BCUT2D eigenvalue weighted by Gasteiger charge is -2.14. The number of ether oxygens (including phenoxy) is 1. The highest BCUT2D eigenvalue weighted by atomic mass is 16.5. The molecule has 0 saturated heterocycles. The highest BCUT2D eigenvalue weighted by molar-refractivity contribution is 5.80. The standard InChI is InChI=1S/C22H30O3/c1-2-3-4-5-6-7-8-11-17-25-21-16-12-15-20(24)22(21)18-13-9-10-14-19(18)23/h9-10,12-16,23-24H,2-8,11,17H2,1H3. The van der Waals surface area contributed by atoms with Crippen LogP contribution in [0, 0.1) is 0 Å². The van der Waals surface area contributed by atoms with E-state index in [2.05, 4.69) is 6.92 Å². The van der Waals surface area contributed by atoms with E-state index in [0.29, 0.717) is 23.5 Å². The van der Waals surface area contributed by atoms with Gasteiger partial charge in [-0.1, -0.05) is 76.1 Å². The molecule has 25 heavy (non-hydrogen) atoms. The van der Waals surface area contributed by atoms with Crippen LogP contribution in [0.5, 0.6) is 17.2 Å². The fraction of sp³-hybridized carbons (Fsp3) is 0.455. The molecule has 0 aliphatic carbocycles. The van der Waals surface area contributed by atoms with Gasteiger partial charge < -0.3 is 14.9 Å². The van der Waals surface area contributed by atoms with Gasteiger partial charge in [-0.2, -0.15) is 0 Å². The molecule has 2 N–H and O–H groups in total. The molecule has 0 atom stereocenters. The van der Waals surface area contributed by atoms with E-state index in [4.69, 9.17) is 4.74 Å². The average molecular weight is 342 g/mol. The molecule has 0 aliphatic heterocycles. The fourth-order valence-corrected chi connectivity index (χ4v) is 3.01. The molecule has 136 valence electrons. The van der Waals surface area contributed by atoms with E-state index in [1.165, 1.54) is 38.5 Å². The first-order chi connectivity index (χ1) is 12.2. The number of phenolic OH excluding ortho intramolecular Hbond substituents is 2. The summed E-state index contributed by atoms with van der Waals surface area (Å²) in [5.74, 6) is 0.875. The Labute approximate surface area is 151 Å². The minimum Gasteiger partial charge on any atom is -0.507 e. The number of aromatic hydroxyl groups is 2. The topological polar surface area (TPSA) is 49.7 Å². The van der Waals surface area contributed by atoms with Crippen LogP contribution >= 0.6 is 0 Å². The van der Waals surface area contributed by atoms with Crippen LogP contribution in [0.2, 0.25) is 0 Å². The van der Waals surface area contributed by atoms with Crippen LogP contribution in [0.3, 0.4) is 0 Å². The second-order valence-electron chi connectivity index (χ2n) is 6.49. The zero-order chi connectivity index (χ0) is 17.9. The Morgan fingerprint density at radius 3 is 2.08 bits per heavy atom. The number of phenols is 2. The normalized spacial score (nSPS) is 10.8. The molecule has 2 aromatic carbocycles. The van der Waals surface area contributed by atoms with Gasteiger partial charge in [0.2, 0.25) is 0 Å². The van der Waals surface area contributed by atoms with E-state index < -0.39 is 0 Å². The predicted molar refractivity (Wildman–Crippen MR) is 103 cm³/mol. The van der Waals surface area contributed by atoms with Gasteiger partial charge in [0.05, 0.1) is 12.2 Å². The van der Waals surface area contributed by atoms with Crippen molar-refractivity contribution >= 4 is 0 Å². The quantitative estimate of drug-likeness (QED) is 0.472. The SMILES string of the molecule is CCCCCCCCCCOc1cccc(O)c1-c1ccccc1O. The first-order valence-corrected chi connectivity index (χ1v) is 9.47. The van der Waals surface area contributed by atoms with Crippen LogP contribution in [0.4, 0.5) is 0 Å². The summed E-state index contributed by atoms with van der Waals surface area (Å²) >= 11 is 0. The van der Waals surface area contributed by atoms with Crippen molar-refractivity contribution in [2.75, 3.05) is 6.61 Å². The van der Waals surface area contributed by atoms with Gasteiger partial charge in [-0.3, -0.25) is 0 Å². The van der Waals surface area contributed by atoms with E-state index in [1.54, 1.807) is 30.3 Å². The first-order valence-electron chi connectivity index (χ1n) is 9.47. The second-order valence-corrected chi connectivity index (χ2v) is 6.49. The molecule has 0 saturated carbocycles. The van der Waals surface area contributed by atoms with Gasteiger partial charge in [-0.15, -0.1) is 0 Å². The minimum absolute atomic E-state index is 0.120. The third-order valence-corrected chi connectivity index (χ3v) is 4.43. The Kier molecular flexibility index (Phi) is 8.17. The molecule has 3 heteroatoms. The zero-order valence-corrected chi connectivity index (χ0v) is 15.2. The molecule has 0 aliphatic rings. The summed E-state index contributed by atoms with van der Waals surface area (Å²) in [5, 5.41) is 20.3. The smallest absolute Gasteiger partial charge is 0.130 e. The molecular weight excluding hydrogens is 312 g/mol. The molecular formula is C22H30O3. The molecule has 3 nitrogen and oxygen atoms in total. The van der Waals surface area contributed by atoms with Crippen molar-refractivity contribution in [1.82, 2.24) is 0 Å². The molecule has 0 unspecified atom stereocenters.